The fourth-order valence-corrected chi connectivity index (χ4v) is 4.97. The maximum absolute atomic E-state index is 14.3. The van der Waals surface area contributed by atoms with Crippen LogP contribution < -0.4 is 0 Å². The van der Waals surface area contributed by atoms with Crippen LogP contribution in [0.4, 0.5) is 4.39 Å². The van der Waals surface area contributed by atoms with Crippen LogP contribution in [0, 0.1) is 11.7 Å². The van der Waals surface area contributed by atoms with Gasteiger partial charge in [-0.05, 0) is 46.7 Å². The van der Waals surface area contributed by atoms with Gasteiger partial charge in [0.1, 0.15) is 5.82 Å². The number of halogens is 1. The van der Waals surface area contributed by atoms with Crippen LogP contribution in [0.3, 0.4) is 0 Å². The minimum absolute atomic E-state index is 0.275. The van der Waals surface area contributed by atoms with Crippen LogP contribution in [0.2, 0.25) is 0 Å². The van der Waals surface area contributed by atoms with Crippen molar-refractivity contribution in [3.05, 3.63) is 95.8 Å². The number of rotatable bonds is 8. The Hall–Kier alpha value is -2.53. The smallest absolute Gasteiger partial charge is 0.123 e. The predicted molar refractivity (Wildman–Crippen MR) is 131 cm³/mol. The van der Waals surface area contributed by atoms with Crippen molar-refractivity contribution in [3.63, 3.8) is 0 Å². The van der Waals surface area contributed by atoms with Gasteiger partial charge in [0.25, 0.3) is 0 Å². The third-order valence-corrected chi connectivity index (χ3v) is 6.41. The molecule has 0 bridgehead atoms. The summed E-state index contributed by atoms with van der Waals surface area (Å²) in [6.45, 7) is 7.10. The maximum Gasteiger partial charge on any atom is 0.123 e. The first-order valence-electron chi connectivity index (χ1n) is 11.9. The summed E-state index contributed by atoms with van der Waals surface area (Å²) in [5.74, 6) is -0.0105. The number of nitrogens with zero attached hydrogens (tertiary/aromatic N) is 1. The number of hydrogen-bond donors (Lipinski definition) is 1. The zero-order valence-electron chi connectivity index (χ0n) is 19.6. The van der Waals surface area contributed by atoms with Crippen molar-refractivity contribution >= 4 is 0 Å². The average Bonchev–Trinajstić information content (AvgIpc) is 2.80. The number of hydrogen-bond acceptors (Lipinski definition) is 3. The maximum atomic E-state index is 14.3. The summed E-state index contributed by atoms with van der Waals surface area (Å²) < 4.78 is 20.5. The number of ether oxygens (including phenoxy) is 1. The van der Waals surface area contributed by atoms with Gasteiger partial charge in [-0.1, -0.05) is 80.6 Å². The third kappa shape index (κ3) is 6.08. The summed E-state index contributed by atoms with van der Waals surface area (Å²) >= 11 is 0. The molecule has 0 radical (unpaired) electrons. The van der Waals surface area contributed by atoms with Crippen LogP contribution in [-0.4, -0.2) is 41.4 Å². The first-order valence-corrected chi connectivity index (χ1v) is 11.9. The van der Waals surface area contributed by atoms with Gasteiger partial charge in [0, 0.05) is 26.1 Å². The molecule has 3 aromatic carbocycles. The van der Waals surface area contributed by atoms with E-state index in [9.17, 15) is 9.50 Å². The molecule has 3 nitrogen and oxygen atoms in total. The molecular weight excluding hydrogens is 413 g/mol. The molecule has 1 fully saturated rings. The number of aliphatic hydroxyl groups is 1. The lowest BCUT2D eigenvalue weighted by atomic mass is 9.79. The van der Waals surface area contributed by atoms with E-state index < -0.39 is 5.60 Å². The van der Waals surface area contributed by atoms with Gasteiger partial charge >= 0.3 is 0 Å². The highest BCUT2D eigenvalue weighted by atomic mass is 19.1. The lowest BCUT2D eigenvalue weighted by Gasteiger charge is -2.43. The van der Waals surface area contributed by atoms with E-state index in [0.29, 0.717) is 26.0 Å². The fraction of sp³-hybridized carbons (Fsp3) is 0.379. The van der Waals surface area contributed by atoms with Crippen LogP contribution in [0.5, 0.6) is 0 Å². The van der Waals surface area contributed by atoms with Crippen LogP contribution in [0.25, 0.3) is 11.1 Å². The summed E-state index contributed by atoms with van der Waals surface area (Å²) in [6.07, 6.45) is 0.586. The highest BCUT2D eigenvalue weighted by Crippen LogP contribution is 2.34. The zero-order chi connectivity index (χ0) is 23.3. The van der Waals surface area contributed by atoms with E-state index in [4.69, 9.17) is 4.74 Å². The highest BCUT2D eigenvalue weighted by molar-refractivity contribution is 5.67. The van der Waals surface area contributed by atoms with E-state index in [1.807, 2.05) is 42.5 Å². The molecule has 0 spiro atoms. The molecule has 3 aromatic rings. The summed E-state index contributed by atoms with van der Waals surface area (Å²) in [6, 6.07) is 25.2. The Morgan fingerprint density at radius 2 is 1.73 bits per heavy atom. The molecule has 2 unspecified atom stereocenters. The van der Waals surface area contributed by atoms with Crippen molar-refractivity contribution in [2.24, 2.45) is 5.92 Å². The van der Waals surface area contributed by atoms with Crippen molar-refractivity contribution < 1.29 is 14.2 Å². The van der Waals surface area contributed by atoms with Crippen molar-refractivity contribution in [2.75, 3.05) is 19.7 Å². The molecule has 174 valence electrons. The van der Waals surface area contributed by atoms with Crippen LogP contribution in [-0.2, 0) is 17.7 Å². The molecule has 1 aliphatic heterocycles. The SMILES string of the molecule is CC(C)CC(O)(Cc1cc(F)ccc1-c1ccccc1)C1CN(Cc2ccccc2)CCO1. The lowest BCUT2D eigenvalue weighted by Crippen LogP contribution is -2.56. The minimum atomic E-state index is -1.10. The van der Waals surface area contributed by atoms with Gasteiger partial charge < -0.3 is 9.84 Å². The van der Waals surface area contributed by atoms with Crippen LogP contribution in [0.15, 0.2) is 78.9 Å². The zero-order valence-corrected chi connectivity index (χ0v) is 19.6. The molecule has 1 N–H and O–H groups in total. The molecule has 0 aliphatic carbocycles. The van der Waals surface area contributed by atoms with Gasteiger partial charge in [-0.15, -0.1) is 0 Å². The molecule has 4 heteroatoms. The average molecular weight is 448 g/mol. The van der Waals surface area contributed by atoms with E-state index in [0.717, 1.165) is 29.8 Å². The second-order valence-corrected chi connectivity index (χ2v) is 9.63. The van der Waals surface area contributed by atoms with Crippen molar-refractivity contribution in [1.82, 2.24) is 4.90 Å². The van der Waals surface area contributed by atoms with Crippen LogP contribution in [0.1, 0.15) is 31.4 Å². The normalized spacial score (nSPS) is 18.9. The van der Waals surface area contributed by atoms with Crippen LogP contribution >= 0.6 is 0 Å². The van der Waals surface area contributed by atoms with Gasteiger partial charge in [0.05, 0.1) is 18.3 Å². The molecule has 0 saturated carbocycles. The van der Waals surface area contributed by atoms with E-state index >= 15 is 0 Å². The van der Waals surface area contributed by atoms with Crippen molar-refractivity contribution in [2.45, 2.75) is 44.9 Å². The Morgan fingerprint density at radius 3 is 2.42 bits per heavy atom. The second kappa shape index (κ2) is 10.6. The van der Waals surface area contributed by atoms with Gasteiger partial charge in [-0.2, -0.15) is 0 Å². The second-order valence-electron chi connectivity index (χ2n) is 9.63. The van der Waals surface area contributed by atoms with Crippen molar-refractivity contribution in [3.8, 4) is 11.1 Å². The molecule has 2 atom stereocenters. The molecule has 1 heterocycles. The predicted octanol–water partition coefficient (Wildman–Crippen LogP) is 5.71. The van der Waals surface area contributed by atoms with Gasteiger partial charge in [0.15, 0.2) is 0 Å². The largest absolute Gasteiger partial charge is 0.387 e. The summed E-state index contributed by atoms with van der Waals surface area (Å²) in [5.41, 5.74) is 2.95. The molecule has 1 saturated heterocycles. The molecule has 0 amide bonds. The molecular formula is C29H34FNO2. The van der Waals surface area contributed by atoms with E-state index in [1.54, 1.807) is 6.07 Å². The summed E-state index contributed by atoms with van der Waals surface area (Å²) in [4.78, 5) is 2.35. The Balaban J connectivity index is 1.61. The van der Waals surface area contributed by atoms with Crippen molar-refractivity contribution in [1.29, 1.82) is 0 Å². The Bertz CT molecular complexity index is 1020. The standard InChI is InChI=1S/C29H34FNO2/c1-22(2)18-29(32,28-21-31(15-16-33-28)20-23-9-5-3-6-10-23)19-25-17-26(30)13-14-27(25)24-11-7-4-8-12-24/h3-14,17,22,28,32H,15-16,18-21H2,1-2H3. The van der Waals surface area contributed by atoms with Gasteiger partial charge in [-0.3, -0.25) is 4.90 Å². The summed E-state index contributed by atoms with van der Waals surface area (Å²) in [5, 5.41) is 12.0. The quantitative estimate of drug-likeness (QED) is 0.480. The Kier molecular flexibility index (Phi) is 7.59. The monoisotopic (exact) mass is 447 g/mol. The molecule has 0 aromatic heterocycles. The van der Waals surface area contributed by atoms with Gasteiger partial charge in [-0.25, -0.2) is 4.39 Å². The Morgan fingerprint density at radius 1 is 1.03 bits per heavy atom. The third-order valence-electron chi connectivity index (χ3n) is 6.41. The molecule has 33 heavy (non-hydrogen) atoms. The lowest BCUT2D eigenvalue weighted by molar-refractivity contribution is -0.151. The molecule has 4 rings (SSSR count). The van der Waals surface area contributed by atoms with E-state index in [1.165, 1.54) is 11.6 Å². The fourth-order valence-electron chi connectivity index (χ4n) is 4.97. The van der Waals surface area contributed by atoms with Gasteiger partial charge in [0.2, 0.25) is 0 Å². The first kappa shape index (κ1) is 23.6. The minimum Gasteiger partial charge on any atom is -0.387 e. The highest BCUT2D eigenvalue weighted by Gasteiger charge is 2.41. The van der Waals surface area contributed by atoms with E-state index in [-0.39, 0.29) is 17.8 Å². The Labute approximate surface area is 196 Å². The van der Waals surface area contributed by atoms with E-state index in [2.05, 4.69) is 43.0 Å². The summed E-state index contributed by atoms with van der Waals surface area (Å²) in [7, 11) is 0. The number of benzene rings is 3. The topological polar surface area (TPSA) is 32.7 Å². The molecule has 1 aliphatic rings. The number of morpholine rings is 1. The first-order chi connectivity index (χ1) is 15.9.